The number of carbonyl (C=O) groups excluding carboxylic acids is 1. The number of nitrogen functional groups attached to an aromatic ring is 1. The first-order valence-corrected chi connectivity index (χ1v) is 6.77. The Labute approximate surface area is 113 Å². The van der Waals surface area contributed by atoms with Crippen LogP contribution >= 0.6 is 27.3 Å². The smallest absolute Gasteiger partial charge is 0.196 e. The second-order valence-electron chi connectivity index (χ2n) is 3.89. The molecule has 0 spiro atoms. The van der Waals surface area contributed by atoms with E-state index in [1.165, 1.54) is 0 Å². The number of hydrogen-bond acceptors (Lipinski definition) is 3. The van der Waals surface area contributed by atoms with Gasteiger partial charge < -0.3 is 5.73 Å². The van der Waals surface area contributed by atoms with Crippen LogP contribution in [0.25, 0.3) is 0 Å². The molecule has 1 aromatic carbocycles. The number of rotatable bonds is 2. The fourth-order valence-electron chi connectivity index (χ4n) is 1.69. The van der Waals surface area contributed by atoms with Crippen molar-refractivity contribution in [1.29, 1.82) is 0 Å². The molecule has 0 atom stereocenters. The van der Waals surface area contributed by atoms with Crippen LogP contribution in [0.2, 0.25) is 0 Å². The Bertz CT molecular complexity index is 589. The average Bonchev–Trinajstić information content (AvgIpc) is 2.61. The van der Waals surface area contributed by atoms with E-state index in [0.29, 0.717) is 11.3 Å². The molecule has 0 aliphatic rings. The highest BCUT2D eigenvalue weighted by Gasteiger charge is 2.17. The fourth-order valence-corrected chi connectivity index (χ4v) is 3.38. The van der Waals surface area contributed by atoms with Gasteiger partial charge >= 0.3 is 0 Å². The third kappa shape index (κ3) is 2.28. The van der Waals surface area contributed by atoms with Gasteiger partial charge in [-0.1, -0.05) is 12.1 Å². The van der Waals surface area contributed by atoms with Crippen LogP contribution in [0.3, 0.4) is 0 Å². The quantitative estimate of drug-likeness (QED) is 0.674. The first kappa shape index (κ1) is 12.3. The van der Waals surface area contributed by atoms with Crippen molar-refractivity contribution < 1.29 is 4.79 Å². The Morgan fingerprint density at radius 1 is 1.29 bits per heavy atom. The molecule has 0 aliphatic carbocycles. The van der Waals surface area contributed by atoms with Crippen molar-refractivity contribution in [1.82, 2.24) is 0 Å². The van der Waals surface area contributed by atoms with Crippen LogP contribution in [0.1, 0.15) is 26.4 Å². The van der Waals surface area contributed by atoms with E-state index in [0.717, 1.165) is 19.8 Å². The molecule has 0 radical (unpaired) electrons. The molecule has 0 fully saturated rings. The number of nitrogens with two attached hydrogens (primary N) is 1. The lowest BCUT2D eigenvalue weighted by Gasteiger charge is -2.06. The van der Waals surface area contributed by atoms with Gasteiger partial charge in [0.15, 0.2) is 5.78 Å². The molecule has 0 bridgehead atoms. The predicted octanol–water partition coefficient (Wildman–Crippen LogP) is 3.94. The largest absolute Gasteiger partial charge is 0.398 e. The maximum Gasteiger partial charge on any atom is 0.196 e. The van der Waals surface area contributed by atoms with Gasteiger partial charge in [-0.15, -0.1) is 11.3 Å². The normalized spacial score (nSPS) is 10.5. The Morgan fingerprint density at radius 2 is 2.00 bits per heavy atom. The molecule has 17 heavy (non-hydrogen) atoms. The van der Waals surface area contributed by atoms with Crippen LogP contribution in [-0.4, -0.2) is 5.78 Å². The highest BCUT2D eigenvalue weighted by atomic mass is 79.9. The monoisotopic (exact) mass is 309 g/mol. The maximum atomic E-state index is 12.4. The van der Waals surface area contributed by atoms with Crippen molar-refractivity contribution in [3.63, 3.8) is 0 Å². The first-order valence-electron chi connectivity index (χ1n) is 5.16. The van der Waals surface area contributed by atoms with E-state index >= 15 is 0 Å². The first-order chi connectivity index (χ1) is 8.00. The number of carbonyl (C=O) groups is 1. The molecule has 2 rings (SSSR count). The van der Waals surface area contributed by atoms with E-state index in [1.54, 1.807) is 17.4 Å². The maximum absolute atomic E-state index is 12.4. The fraction of sp³-hybridized carbons (Fsp3) is 0.154. The van der Waals surface area contributed by atoms with Crippen LogP contribution in [-0.2, 0) is 0 Å². The third-order valence-corrected chi connectivity index (χ3v) is 4.25. The molecule has 0 saturated carbocycles. The summed E-state index contributed by atoms with van der Waals surface area (Å²) in [6, 6.07) is 7.39. The number of hydrogen-bond donors (Lipinski definition) is 1. The molecule has 0 unspecified atom stereocenters. The number of thiophene rings is 1. The minimum atomic E-state index is -0.00866. The van der Waals surface area contributed by atoms with Gasteiger partial charge in [0.1, 0.15) is 0 Å². The van der Waals surface area contributed by atoms with Gasteiger partial charge in [0.25, 0.3) is 0 Å². The van der Waals surface area contributed by atoms with E-state index in [-0.39, 0.29) is 5.78 Å². The van der Waals surface area contributed by atoms with Crippen molar-refractivity contribution in [2.45, 2.75) is 13.8 Å². The van der Waals surface area contributed by atoms with Gasteiger partial charge in [0.2, 0.25) is 0 Å². The van der Waals surface area contributed by atoms with Gasteiger partial charge in [-0.3, -0.25) is 4.79 Å². The summed E-state index contributed by atoms with van der Waals surface area (Å²) in [5.41, 5.74) is 8.75. The summed E-state index contributed by atoms with van der Waals surface area (Å²) in [5, 5.41) is 0. The third-order valence-electron chi connectivity index (χ3n) is 2.70. The van der Waals surface area contributed by atoms with Crippen LogP contribution in [0.4, 0.5) is 5.69 Å². The van der Waals surface area contributed by atoms with Gasteiger partial charge in [-0.2, -0.15) is 0 Å². The van der Waals surface area contributed by atoms with Crippen LogP contribution in [0.15, 0.2) is 28.1 Å². The van der Waals surface area contributed by atoms with Crippen LogP contribution in [0, 0.1) is 13.8 Å². The lowest BCUT2D eigenvalue weighted by molar-refractivity contribution is 0.103. The van der Waals surface area contributed by atoms with Crippen LogP contribution in [0.5, 0.6) is 0 Å². The topological polar surface area (TPSA) is 43.1 Å². The lowest BCUT2D eigenvalue weighted by Crippen LogP contribution is -2.06. The summed E-state index contributed by atoms with van der Waals surface area (Å²) < 4.78 is 0.963. The van der Waals surface area contributed by atoms with E-state index in [4.69, 9.17) is 5.73 Å². The molecule has 1 heterocycles. The van der Waals surface area contributed by atoms with Crippen LogP contribution < -0.4 is 5.73 Å². The van der Waals surface area contributed by atoms with Crippen molar-refractivity contribution in [3.05, 3.63) is 49.6 Å². The standard InChI is InChI=1S/C13H12BrNOS/c1-7-4-3-5-9(12(7)15)13(16)10-6-11(14)17-8(10)2/h3-6H,15H2,1-2H3. The summed E-state index contributed by atoms with van der Waals surface area (Å²) in [7, 11) is 0. The Kier molecular flexibility index (Phi) is 3.35. The number of halogens is 1. The number of aryl methyl sites for hydroxylation is 2. The minimum absolute atomic E-state index is 0.00866. The van der Waals surface area contributed by atoms with Gasteiger partial charge in [-0.05, 0) is 47.5 Å². The van der Waals surface area contributed by atoms with Gasteiger partial charge in [-0.25, -0.2) is 0 Å². The molecule has 1 aromatic heterocycles. The predicted molar refractivity (Wildman–Crippen MR) is 75.8 cm³/mol. The van der Waals surface area contributed by atoms with E-state index in [9.17, 15) is 4.79 Å². The number of ketones is 1. The number of anilines is 1. The average molecular weight is 310 g/mol. The summed E-state index contributed by atoms with van der Waals surface area (Å²) in [6.07, 6.45) is 0. The van der Waals surface area contributed by atoms with Gasteiger partial charge in [0.05, 0.1) is 3.79 Å². The number of benzene rings is 1. The highest BCUT2D eigenvalue weighted by Crippen LogP contribution is 2.29. The Hall–Kier alpha value is -1.13. The molecule has 0 saturated heterocycles. The zero-order valence-electron chi connectivity index (χ0n) is 9.58. The number of para-hydroxylation sites is 1. The molecule has 2 aromatic rings. The molecule has 88 valence electrons. The van der Waals surface area contributed by atoms with Crippen molar-refractivity contribution in [2.24, 2.45) is 0 Å². The minimum Gasteiger partial charge on any atom is -0.398 e. The summed E-state index contributed by atoms with van der Waals surface area (Å²) in [6.45, 7) is 3.84. The second kappa shape index (κ2) is 4.63. The molecule has 2 nitrogen and oxygen atoms in total. The highest BCUT2D eigenvalue weighted by molar-refractivity contribution is 9.11. The molecular formula is C13H12BrNOS. The molecule has 0 amide bonds. The summed E-state index contributed by atoms with van der Waals surface area (Å²) >= 11 is 4.95. The molecule has 4 heteroatoms. The van der Waals surface area contributed by atoms with E-state index in [1.807, 2.05) is 32.0 Å². The molecule has 2 N–H and O–H groups in total. The molecular weight excluding hydrogens is 298 g/mol. The Balaban J connectivity index is 2.51. The second-order valence-corrected chi connectivity index (χ2v) is 6.52. The molecule has 0 aliphatic heterocycles. The van der Waals surface area contributed by atoms with Crippen molar-refractivity contribution >= 4 is 38.7 Å². The summed E-state index contributed by atoms with van der Waals surface area (Å²) in [4.78, 5) is 13.4. The van der Waals surface area contributed by atoms with E-state index < -0.39 is 0 Å². The SMILES string of the molecule is Cc1cccc(C(=O)c2cc(Br)sc2C)c1N. The zero-order chi connectivity index (χ0) is 12.6. The van der Waals surface area contributed by atoms with Gasteiger partial charge in [0, 0.05) is 21.7 Å². The van der Waals surface area contributed by atoms with E-state index in [2.05, 4.69) is 15.9 Å². The Morgan fingerprint density at radius 3 is 2.59 bits per heavy atom. The zero-order valence-corrected chi connectivity index (χ0v) is 12.0. The summed E-state index contributed by atoms with van der Waals surface area (Å²) in [5.74, 6) is -0.00866. The van der Waals surface area contributed by atoms with Crippen molar-refractivity contribution in [2.75, 3.05) is 5.73 Å². The van der Waals surface area contributed by atoms with Crippen molar-refractivity contribution in [3.8, 4) is 0 Å². The lowest BCUT2D eigenvalue weighted by atomic mass is 10.0.